The molecule has 0 spiro atoms. The van der Waals surface area contributed by atoms with Crippen molar-refractivity contribution in [2.45, 2.75) is 13.0 Å². The minimum absolute atomic E-state index is 0. The van der Waals surface area contributed by atoms with E-state index in [1.165, 1.54) is 17.4 Å². The molecule has 8 heteroatoms. The van der Waals surface area contributed by atoms with Crippen molar-refractivity contribution in [1.82, 2.24) is 4.57 Å². The summed E-state index contributed by atoms with van der Waals surface area (Å²) in [5.74, 6) is 0.384. The van der Waals surface area contributed by atoms with Gasteiger partial charge in [0.2, 0.25) is 5.91 Å². The molecule has 2 heterocycles. The van der Waals surface area contributed by atoms with E-state index in [4.69, 9.17) is 4.74 Å². The third-order valence-electron chi connectivity index (χ3n) is 3.29. The number of thiazole rings is 1. The Balaban J connectivity index is 0.00000192. The van der Waals surface area contributed by atoms with E-state index in [0.29, 0.717) is 27.3 Å². The Morgan fingerprint density at radius 2 is 2.13 bits per heavy atom. The molecule has 0 unspecified atom stereocenters. The van der Waals surface area contributed by atoms with Gasteiger partial charge >= 0.3 is 0 Å². The van der Waals surface area contributed by atoms with Gasteiger partial charge in [0.25, 0.3) is 5.56 Å². The molecule has 0 fully saturated rings. The van der Waals surface area contributed by atoms with Gasteiger partial charge in [-0.05, 0) is 30.7 Å². The maximum absolute atomic E-state index is 12.2. The molecule has 0 radical (unpaired) electrons. The maximum Gasteiger partial charge on any atom is 0.270 e. The van der Waals surface area contributed by atoms with Crippen molar-refractivity contribution < 1.29 is 9.53 Å². The van der Waals surface area contributed by atoms with Crippen molar-refractivity contribution in [3.05, 3.63) is 44.0 Å². The monoisotopic (exact) mass is 353 g/mol. The minimum Gasteiger partial charge on any atom is -0.497 e. The average Bonchev–Trinajstić information content (AvgIpc) is 2.84. The summed E-state index contributed by atoms with van der Waals surface area (Å²) in [5.41, 5.74) is 0.501. The van der Waals surface area contributed by atoms with Gasteiger partial charge in [-0.2, -0.15) is 0 Å². The molecule has 6 nitrogen and oxygen atoms in total. The van der Waals surface area contributed by atoms with Gasteiger partial charge in [-0.3, -0.25) is 19.1 Å². The third kappa shape index (κ3) is 3.80. The molecule has 1 aromatic carbocycles. The van der Waals surface area contributed by atoms with Crippen LogP contribution in [0.2, 0.25) is 0 Å². The number of nitrogens with zero attached hydrogens (tertiary/aromatic N) is 2. The van der Waals surface area contributed by atoms with Crippen LogP contribution < -0.4 is 24.9 Å². The van der Waals surface area contributed by atoms with E-state index < -0.39 is 0 Å². The van der Waals surface area contributed by atoms with Crippen LogP contribution in [0.4, 0.5) is 5.69 Å². The number of methoxy groups -OCH3 is 1. The van der Waals surface area contributed by atoms with E-state index >= 15 is 0 Å². The lowest BCUT2D eigenvalue weighted by molar-refractivity contribution is -0.110. The van der Waals surface area contributed by atoms with Crippen LogP contribution in [-0.2, 0) is 11.3 Å². The lowest BCUT2D eigenvalue weighted by Gasteiger charge is -2.03. The largest absolute Gasteiger partial charge is 0.497 e. The van der Waals surface area contributed by atoms with Crippen LogP contribution in [0.15, 0.2) is 34.1 Å². The fourth-order valence-electron chi connectivity index (χ4n) is 2.20. The molecule has 0 atom stereocenters. The zero-order valence-electron chi connectivity index (χ0n) is 12.4. The van der Waals surface area contributed by atoms with E-state index in [-0.39, 0.29) is 23.9 Å². The average molecular weight is 354 g/mol. The molecule has 2 aromatic rings. The second-order valence-electron chi connectivity index (χ2n) is 4.80. The molecule has 1 aromatic heterocycles. The number of anilines is 1. The molecule has 1 N–H and O–H groups in total. The number of benzene rings is 1. The molecule has 0 saturated carbocycles. The SMILES string of the molecule is COc1ccc(NC(=O)C=c2sc3n(c2=O)CCCN=3)cc1.Cl. The highest BCUT2D eigenvalue weighted by atomic mass is 35.5. The Morgan fingerprint density at radius 3 is 2.78 bits per heavy atom. The number of aromatic nitrogens is 1. The summed E-state index contributed by atoms with van der Waals surface area (Å²) in [6, 6.07) is 7.00. The van der Waals surface area contributed by atoms with Crippen molar-refractivity contribution >= 4 is 41.4 Å². The topological polar surface area (TPSA) is 72.7 Å². The number of carbonyl (C=O) groups excluding carboxylic acids is 1. The van der Waals surface area contributed by atoms with Gasteiger partial charge in [0.05, 0.1) is 7.11 Å². The van der Waals surface area contributed by atoms with Gasteiger partial charge < -0.3 is 10.1 Å². The summed E-state index contributed by atoms with van der Waals surface area (Å²) in [7, 11) is 1.58. The van der Waals surface area contributed by atoms with Gasteiger partial charge in [-0.1, -0.05) is 11.3 Å². The van der Waals surface area contributed by atoms with Crippen molar-refractivity contribution in [3.63, 3.8) is 0 Å². The highest BCUT2D eigenvalue weighted by molar-refractivity contribution is 7.07. The number of carbonyl (C=O) groups is 1. The third-order valence-corrected chi connectivity index (χ3v) is 4.34. The quantitative estimate of drug-likeness (QED) is 0.886. The van der Waals surface area contributed by atoms with Crippen LogP contribution in [0.25, 0.3) is 6.08 Å². The molecule has 1 amide bonds. The van der Waals surface area contributed by atoms with E-state index in [1.54, 1.807) is 35.9 Å². The molecule has 1 aliphatic heterocycles. The Hall–Kier alpha value is -2.12. The fourth-order valence-corrected chi connectivity index (χ4v) is 3.20. The second kappa shape index (κ2) is 7.43. The number of fused-ring (bicyclic) bond motifs is 1. The molecular weight excluding hydrogens is 338 g/mol. The molecule has 0 bridgehead atoms. The summed E-state index contributed by atoms with van der Waals surface area (Å²) in [4.78, 5) is 29.2. The Morgan fingerprint density at radius 1 is 1.39 bits per heavy atom. The Kier molecular flexibility index (Phi) is 5.57. The first-order chi connectivity index (χ1) is 10.7. The Labute approximate surface area is 142 Å². The summed E-state index contributed by atoms with van der Waals surface area (Å²) >= 11 is 1.25. The van der Waals surface area contributed by atoms with Crippen LogP contribution in [0.5, 0.6) is 5.75 Å². The molecule has 1 aliphatic rings. The molecule has 23 heavy (non-hydrogen) atoms. The van der Waals surface area contributed by atoms with E-state index in [0.717, 1.165) is 13.0 Å². The first-order valence-corrected chi connectivity index (χ1v) is 7.70. The normalized spacial score (nSPS) is 13.5. The van der Waals surface area contributed by atoms with E-state index in [2.05, 4.69) is 10.3 Å². The number of rotatable bonds is 3. The van der Waals surface area contributed by atoms with Crippen LogP contribution >= 0.6 is 23.7 Å². The summed E-state index contributed by atoms with van der Waals surface area (Å²) < 4.78 is 7.09. The van der Waals surface area contributed by atoms with Gasteiger partial charge in [0.15, 0.2) is 4.80 Å². The second-order valence-corrected chi connectivity index (χ2v) is 5.81. The number of ether oxygens (including phenoxy) is 1. The van der Waals surface area contributed by atoms with Crippen LogP contribution in [0, 0.1) is 0 Å². The van der Waals surface area contributed by atoms with Crippen LogP contribution in [0.3, 0.4) is 0 Å². The summed E-state index contributed by atoms with van der Waals surface area (Å²) in [6.45, 7) is 1.40. The molecular formula is C15H16ClN3O3S. The predicted molar refractivity (Wildman–Crippen MR) is 92.2 cm³/mol. The minimum atomic E-state index is -0.332. The van der Waals surface area contributed by atoms with Gasteiger partial charge in [-0.15, -0.1) is 12.4 Å². The van der Waals surface area contributed by atoms with Crippen LogP contribution in [-0.4, -0.2) is 24.1 Å². The lowest BCUT2D eigenvalue weighted by Crippen LogP contribution is -2.34. The maximum atomic E-state index is 12.2. The number of amides is 1. The molecule has 0 aliphatic carbocycles. The van der Waals surface area contributed by atoms with Crippen molar-refractivity contribution in [2.24, 2.45) is 4.99 Å². The molecule has 3 rings (SSSR count). The first-order valence-electron chi connectivity index (χ1n) is 6.88. The van der Waals surface area contributed by atoms with Crippen LogP contribution in [0.1, 0.15) is 6.42 Å². The first kappa shape index (κ1) is 17.2. The highest BCUT2D eigenvalue weighted by Crippen LogP contribution is 2.14. The number of halogens is 1. The number of hydrogen-bond donors (Lipinski definition) is 1. The standard InChI is InChI=1S/C15H15N3O3S.ClH/c1-21-11-5-3-10(4-6-11)17-13(19)9-12-14(20)18-8-2-7-16-15(18)22-12;/h3-6,9H,2,7-8H2,1H3,(H,17,19);1H. The van der Waals surface area contributed by atoms with Crippen molar-refractivity contribution in [3.8, 4) is 5.75 Å². The summed E-state index contributed by atoms with van der Waals surface area (Å²) in [6.07, 6.45) is 2.19. The lowest BCUT2D eigenvalue weighted by atomic mass is 10.3. The zero-order valence-corrected chi connectivity index (χ0v) is 14.1. The van der Waals surface area contributed by atoms with Crippen molar-refractivity contribution in [1.29, 1.82) is 0 Å². The predicted octanol–water partition coefficient (Wildman–Crippen LogP) is 0.783. The van der Waals surface area contributed by atoms with Gasteiger partial charge in [-0.25, -0.2) is 0 Å². The van der Waals surface area contributed by atoms with E-state index in [1.807, 2.05) is 0 Å². The van der Waals surface area contributed by atoms with E-state index in [9.17, 15) is 9.59 Å². The Bertz CT molecular complexity index is 871. The fraction of sp³-hybridized carbons (Fsp3) is 0.267. The number of nitrogens with one attached hydrogen (secondary N) is 1. The zero-order chi connectivity index (χ0) is 15.5. The van der Waals surface area contributed by atoms with Crippen molar-refractivity contribution in [2.75, 3.05) is 19.0 Å². The summed E-state index contributed by atoms with van der Waals surface area (Å²) in [5, 5.41) is 2.73. The molecule has 0 saturated heterocycles. The number of hydrogen-bond acceptors (Lipinski definition) is 5. The van der Waals surface area contributed by atoms with Gasteiger partial charge in [0, 0.05) is 24.9 Å². The molecule has 122 valence electrons. The van der Waals surface area contributed by atoms with Gasteiger partial charge in [0.1, 0.15) is 10.3 Å². The smallest absolute Gasteiger partial charge is 0.270 e. The highest BCUT2D eigenvalue weighted by Gasteiger charge is 2.09.